The molecule has 0 saturated carbocycles. The Balaban J connectivity index is 2.87. The Labute approximate surface area is 85.6 Å². The second-order valence-electron chi connectivity index (χ2n) is 3.95. The summed E-state index contributed by atoms with van der Waals surface area (Å²) in [6.07, 6.45) is 1.11. The summed E-state index contributed by atoms with van der Waals surface area (Å²) in [5, 5.41) is 2.82. The van der Waals surface area contributed by atoms with Crippen molar-refractivity contribution in [3.63, 3.8) is 0 Å². The van der Waals surface area contributed by atoms with Crippen LogP contribution in [0.15, 0.2) is 30.3 Å². The van der Waals surface area contributed by atoms with Gasteiger partial charge in [0.2, 0.25) is 0 Å². The van der Waals surface area contributed by atoms with Crippen LogP contribution in [-0.2, 0) is 6.42 Å². The minimum atomic E-state index is 1.11. The van der Waals surface area contributed by atoms with Gasteiger partial charge in [-0.25, -0.2) is 0 Å². The molecule has 14 heavy (non-hydrogen) atoms. The topological polar surface area (TPSA) is 0 Å². The molecule has 2 aromatic rings. The lowest BCUT2D eigenvalue weighted by atomic mass is 9.97. The standard InChI is InChI=1S/C14H16/c1-4-12-6-5-7-13-9-10(2)8-11(3)14(12)13/h5-9H,4H2,1-3H3. The van der Waals surface area contributed by atoms with Crippen LogP contribution < -0.4 is 0 Å². The van der Waals surface area contributed by atoms with Crippen LogP contribution in [0.2, 0.25) is 0 Å². The summed E-state index contributed by atoms with van der Waals surface area (Å²) < 4.78 is 0. The van der Waals surface area contributed by atoms with E-state index in [0.717, 1.165) is 6.42 Å². The zero-order valence-corrected chi connectivity index (χ0v) is 9.09. The maximum absolute atomic E-state index is 2.27. The van der Waals surface area contributed by atoms with E-state index in [1.165, 1.54) is 27.5 Å². The summed E-state index contributed by atoms with van der Waals surface area (Å²) >= 11 is 0. The van der Waals surface area contributed by atoms with Crippen molar-refractivity contribution >= 4 is 10.8 Å². The maximum Gasteiger partial charge on any atom is -0.0123 e. The zero-order chi connectivity index (χ0) is 10.1. The summed E-state index contributed by atoms with van der Waals surface area (Å²) in [5.41, 5.74) is 4.21. The first-order valence-corrected chi connectivity index (χ1v) is 5.21. The third kappa shape index (κ3) is 1.41. The molecule has 0 unspecified atom stereocenters. The van der Waals surface area contributed by atoms with Gasteiger partial charge in [0.1, 0.15) is 0 Å². The molecular formula is C14H16. The van der Waals surface area contributed by atoms with Crippen LogP contribution in [-0.4, -0.2) is 0 Å². The van der Waals surface area contributed by atoms with Gasteiger partial charge in [0, 0.05) is 0 Å². The highest BCUT2D eigenvalue weighted by molar-refractivity contribution is 5.89. The molecule has 0 radical (unpaired) electrons. The van der Waals surface area contributed by atoms with Crippen molar-refractivity contribution in [2.24, 2.45) is 0 Å². The minimum Gasteiger partial charge on any atom is -0.0614 e. The van der Waals surface area contributed by atoms with Gasteiger partial charge in [-0.3, -0.25) is 0 Å². The van der Waals surface area contributed by atoms with Crippen LogP contribution in [0.4, 0.5) is 0 Å². The highest BCUT2D eigenvalue weighted by atomic mass is 14.1. The first-order valence-electron chi connectivity index (χ1n) is 5.21. The van der Waals surface area contributed by atoms with E-state index in [2.05, 4.69) is 51.1 Å². The van der Waals surface area contributed by atoms with Gasteiger partial charge in [-0.2, -0.15) is 0 Å². The van der Waals surface area contributed by atoms with Crippen molar-refractivity contribution in [2.75, 3.05) is 0 Å². The van der Waals surface area contributed by atoms with Gasteiger partial charge in [0.05, 0.1) is 0 Å². The molecule has 0 saturated heterocycles. The van der Waals surface area contributed by atoms with E-state index in [9.17, 15) is 0 Å². The van der Waals surface area contributed by atoms with Crippen molar-refractivity contribution < 1.29 is 0 Å². The third-order valence-electron chi connectivity index (χ3n) is 2.79. The molecule has 0 spiro atoms. The molecule has 0 aromatic heterocycles. The number of rotatable bonds is 1. The lowest BCUT2D eigenvalue weighted by Gasteiger charge is -2.08. The summed E-state index contributed by atoms with van der Waals surface area (Å²) in [6, 6.07) is 11.1. The van der Waals surface area contributed by atoms with Gasteiger partial charge in [0.15, 0.2) is 0 Å². The highest BCUT2D eigenvalue weighted by Crippen LogP contribution is 2.24. The van der Waals surface area contributed by atoms with Crippen molar-refractivity contribution in [2.45, 2.75) is 27.2 Å². The van der Waals surface area contributed by atoms with Crippen molar-refractivity contribution in [1.82, 2.24) is 0 Å². The summed E-state index contributed by atoms with van der Waals surface area (Å²) in [7, 11) is 0. The molecule has 0 aliphatic carbocycles. The second kappa shape index (κ2) is 3.45. The lowest BCUT2D eigenvalue weighted by molar-refractivity contribution is 1.15. The van der Waals surface area contributed by atoms with Crippen LogP contribution in [0, 0.1) is 13.8 Å². The van der Waals surface area contributed by atoms with E-state index in [0.29, 0.717) is 0 Å². The smallest absolute Gasteiger partial charge is 0.0123 e. The van der Waals surface area contributed by atoms with Crippen molar-refractivity contribution in [3.05, 3.63) is 47.0 Å². The quantitative estimate of drug-likeness (QED) is 0.628. The van der Waals surface area contributed by atoms with Gasteiger partial charge in [-0.15, -0.1) is 0 Å². The first-order chi connectivity index (χ1) is 6.72. The molecule has 0 bridgehead atoms. The molecule has 0 nitrogen and oxygen atoms in total. The molecule has 0 aliphatic rings. The fraction of sp³-hybridized carbons (Fsp3) is 0.286. The molecule has 2 aromatic carbocycles. The van der Waals surface area contributed by atoms with E-state index in [-0.39, 0.29) is 0 Å². The minimum absolute atomic E-state index is 1.11. The van der Waals surface area contributed by atoms with Crippen LogP contribution >= 0.6 is 0 Å². The molecule has 2 rings (SSSR count). The zero-order valence-electron chi connectivity index (χ0n) is 9.09. The monoisotopic (exact) mass is 184 g/mol. The highest BCUT2D eigenvalue weighted by Gasteiger charge is 2.02. The van der Waals surface area contributed by atoms with Crippen molar-refractivity contribution in [3.8, 4) is 0 Å². The van der Waals surface area contributed by atoms with Crippen LogP contribution in [0.1, 0.15) is 23.6 Å². The van der Waals surface area contributed by atoms with Gasteiger partial charge in [-0.1, -0.05) is 42.8 Å². The average Bonchev–Trinajstić information content (AvgIpc) is 2.16. The Morgan fingerprint density at radius 2 is 1.86 bits per heavy atom. The van der Waals surface area contributed by atoms with E-state index >= 15 is 0 Å². The SMILES string of the molecule is CCc1cccc2cc(C)cc(C)c12. The molecule has 0 N–H and O–H groups in total. The first kappa shape index (κ1) is 9.26. The number of fused-ring (bicyclic) bond motifs is 1. The molecule has 72 valence electrons. The Morgan fingerprint density at radius 3 is 2.57 bits per heavy atom. The fourth-order valence-corrected chi connectivity index (χ4v) is 2.22. The normalized spacial score (nSPS) is 10.8. The molecule has 0 fully saturated rings. The Hall–Kier alpha value is -1.30. The molecule has 0 heteroatoms. The van der Waals surface area contributed by atoms with Crippen molar-refractivity contribution in [1.29, 1.82) is 0 Å². The molecule has 0 aliphatic heterocycles. The second-order valence-corrected chi connectivity index (χ2v) is 3.95. The van der Waals surface area contributed by atoms with E-state index < -0.39 is 0 Å². The average molecular weight is 184 g/mol. The molecule has 0 atom stereocenters. The van der Waals surface area contributed by atoms with Gasteiger partial charge >= 0.3 is 0 Å². The summed E-state index contributed by atoms with van der Waals surface area (Å²) in [4.78, 5) is 0. The van der Waals surface area contributed by atoms with Crippen LogP contribution in [0.5, 0.6) is 0 Å². The third-order valence-corrected chi connectivity index (χ3v) is 2.79. The van der Waals surface area contributed by atoms with Gasteiger partial charge in [0.25, 0.3) is 0 Å². The van der Waals surface area contributed by atoms with Gasteiger partial charge < -0.3 is 0 Å². The number of hydrogen-bond donors (Lipinski definition) is 0. The number of aryl methyl sites for hydroxylation is 3. The van der Waals surface area contributed by atoms with Gasteiger partial charge in [-0.05, 0) is 42.2 Å². The van der Waals surface area contributed by atoms with E-state index in [4.69, 9.17) is 0 Å². The molecule has 0 amide bonds. The largest absolute Gasteiger partial charge is 0.0614 e. The van der Waals surface area contributed by atoms with E-state index in [1.807, 2.05) is 0 Å². The Morgan fingerprint density at radius 1 is 1.07 bits per heavy atom. The number of hydrogen-bond acceptors (Lipinski definition) is 0. The Bertz CT molecular complexity index is 467. The number of benzene rings is 2. The fourth-order valence-electron chi connectivity index (χ4n) is 2.22. The predicted octanol–water partition coefficient (Wildman–Crippen LogP) is 4.02. The summed E-state index contributed by atoms with van der Waals surface area (Å²) in [5.74, 6) is 0. The lowest BCUT2D eigenvalue weighted by Crippen LogP contribution is -1.88. The Kier molecular flexibility index (Phi) is 2.28. The van der Waals surface area contributed by atoms with E-state index in [1.54, 1.807) is 0 Å². The van der Waals surface area contributed by atoms with Crippen LogP contribution in [0.3, 0.4) is 0 Å². The molecular weight excluding hydrogens is 168 g/mol. The molecule has 0 heterocycles. The summed E-state index contributed by atoms with van der Waals surface area (Å²) in [6.45, 7) is 6.58. The maximum atomic E-state index is 2.27. The predicted molar refractivity (Wildman–Crippen MR) is 62.8 cm³/mol. The van der Waals surface area contributed by atoms with Crippen LogP contribution in [0.25, 0.3) is 10.8 Å².